The summed E-state index contributed by atoms with van der Waals surface area (Å²) in [5.41, 5.74) is 2.49. The first-order chi connectivity index (χ1) is 15.2. The maximum Gasteiger partial charge on any atom is 0.233 e. The van der Waals surface area contributed by atoms with Gasteiger partial charge in [-0.3, -0.25) is 19.5 Å². The van der Waals surface area contributed by atoms with Crippen LogP contribution in [0, 0.1) is 23.7 Å². The number of aryl methyl sites for hydroxylation is 1. The van der Waals surface area contributed by atoms with Crippen LogP contribution in [0.15, 0.2) is 47.6 Å². The number of aromatic amines is 1. The molecule has 2 aromatic rings. The predicted molar refractivity (Wildman–Crippen MR) is 120 cm³/mol. The predicted octanol–water partition coefficient (Wildman–Crippen LogP) is 2.07. The molecule has 1 aliphatic heterocycles. The molecule has 31 heavy (non-hydrogen) atoms. The number of aliphatic imine (C=N–C) groups is 1. The maximum absolute atomic E-state index is 12.7. The summed E-state index contributed by atoms with van der Waals surface area (Å²) < 4.78 is 0. The summed E-state index contributed by atoms with van der Waals surface area (Å²) >= 11 is 0. The number of carbonyl (C=O) groups is 2. The lowest BCUT2D eigenvalue weighted by molar-refractivity contribution is -0.140. The lowest BCUT2D eigenvalue weighted by Crippen LogP contribution is -2.44. The van der Waals surface area contributed by atoms with Crippen molar-refractivity contribution in [2.24, 2.45) is 28.7 Å². The molecule has 7 nitrogen and oxygen atoms in total. The van der Waals surface area contributed by atoms with Gasteiger partial charge >= 0.3 is 0 Å². The van der Waals surface area contributed by atoms with Gasteiger partial charge < -0.3 is 15.6 Å². The quantitative estimate of drug-likeness (QED) is 0.211. The monoisotopic (exact) mass is 419 g/mol. The molecule has 2 bridgehead atoms. The van der Waals surface area contributed by atoms with E-state index in [1.807, 2.05) is 6.07 Å². The van der Waals surface area contributed by atoms with Crippen molar-refractivity contribution in [3.63, 3.8) is 0 Å². The van der Waals surface area contributed by atoms with Crippen molar-refractivity contribution in [2.45, 2.75) is 19.3 Å². The van der Waals surface area contributed by atoms with Gasteiger partial charge in [-0.25, -0.2) is 0 Å². The van der Waals surface area contributed by atoms with Gasteiger partial charge in [0.2, 0.25) is 11.8 Å². The van der Waals surface area contributed by atoms with Crippen molar-refractivity contribution >= 4 is 28.7 Å². The normalized spacial score (nSPS) is 26.9. The number of allylic oxidation sites excluding steroid dienone is 2. The largest absolute Gasteiger partial charge is 0.361 e. The molecule has 2 heterocycles. The van der Waals surface area contributed by atoms with Gasteiger partial charge in [0.25, 0.3) is 0 Å². The van der Waals surface area contributed by atoms with Crippen LogP contribution in [0.2, 0.25) is 0 Å². The standard InChI is InChI=1S/C24H29N5O2/c1-25-24(26-10-4-5-17-14-28-19-7-3-2-6-18(17)19)27-11-12-29-22(30)20-15-8-9-16(13-15)21(20)23(29)31/h2-3,6-9,14-16,20-21,28H,4-5,10-13H2,1H3,(H2,25,26,27). The van der Waals surface area contributed by atoms with Crippen molar-refractivity contribution in [3.05, 3.63) is 48.2 Å². The minimum atomic E-state index is -0.121. The number of hydrogen-bond donors (Lipinski definition) is 3. The van der Waals surface area contributed by atoms with Crippen LogP contribution < -0.4 is 10.6 Å². The molecule has 3 N–H and O–H groups in total. The number of nitrogens with zero attached hydrogens (tertiary/aromatic N) is 2. The first kappa shape index (κ1) is 19.8. The number of carbonyl (C=O) groups excluding carboxylic acids is 2. The Morgan fingerprint density at radius 1 is 1.10 bits per heavy atom. The smallest absolute Gasteiger partial charge is 0.233 e. The zero-order chi connectivity index (χ0) is 21.4. The number of likely N-dealkylation sites (tertiary alicyclic amines) is 1. The van der Waals surface area contributed by atoms with Gasteiger partial charge in [0.1, 0.15) is 0 Å². The zero-order valence-electron chi connectivity index (χ0n) is 17.8. The molecule has 1 saturated heterocycles. The summed E-state index contributed by atoms with van der Waals surface area (Å²) in [5, 5.41) is 7.83. The number of rotatable bonds is 7. The van der Waals surface area contributed by atoms with E-state index in [0.717, 1.165) is 25.8 Å². The van der Waals surface area contributed by atoms with Crippen molar-refractivity contribution in [2.75, 3.05) is 26.7 Å². The van der Waals surface area contributed by atoms with Gasteiger partial charge in [0, 0.05) is 43.8 Å². The summed E-state index contributed by atoms with van der Waals surface area (Å²) in [6, 6.07) is 8.34. The van der Waals surface area contributed by atoms with Crippen LogP contribution in [0.1, 0.15) is 18.4 Å². The van der Waals surface area contributed by atoms with E-state index < -0.39 is 0 Å². The lowest BCUT2D eigenvalue weighted by Gasteiger charge is -2.18. The summed E-state index contributed by atoms with van der Waals surface area (Å²) in [4.78, 5) is 34.5. The summed E-state index contributed by atoms with van der Waals surface area (Å²) in [5.74, 6) is 0.992. The highest BCUT2D eigenvalue weighted by Gasteiger charge is 2.58. The van der Waals surface area contributed by atoms with Crippen LogP contribution in [-0.2, 0) is 16.0 Å². The van der Waals surface area contributed by atoms with E-state index in [-0.39, 0.29) is 35.5 Å². The van der Waals surface area contributed by atoms with Crippen molar-refractivity contribution in [3.8, 4) is 0 Å². The Balaban J connectivity index is 1.06. The molecule has 1 aromatic heterocycles. The van der Waals surface area contributed by atoms with Crippen LogP contribution in [-0.4, -0.2) is 54.3 Å². The highest BCUT2D eigenvalue weighted by atomic mass is 16.2. The fourth-order valence-corrected chi connectivity index (χ4v) is 5.52. The molecule has 5 rings (SSSR count). The highest BCUT2D eigenvalue weighted by molar-refractivity contribution is 6.06. The Hall–Kier alpha value is -3.09. The van der Waals surface area contributed by atoms with Gasteiger partial charge in [0.05, 0.1) is 11.8 Å². The Kier molecular flexibility index (Phi) is 5.26. The SMILES string of the molecule is CN=C(NCCCc1c[nH]c2ccccc12)NCCN1C(=O)C2C3C=CC(C3)C2C1=O. The number of amides is 2. The van der Waals surface area contributed by atoms with Gasteiger partial charge in [-0.15, -0.1) is 0 Å². The average molecular weight is 420 g/mol. The van der Waals surface area contributed by atoms with E-state index in [0.29, 0.717) is 19.0 Å². The Labute approximate surface area is 182 Å². The molecular weight excluding hydrogens is 390 g/mol. The molecule has 4 atom stereocenters. The Morgan fingerprint density at radius 2 is 1.81 bits per heavy atom. The minimum Gasteiger partial charge on any atom is -0.361 e. The molecular formula is C24H29N5O2. The second-order valence-electron chi connectivity index (χ2n) is 8.72. The number of hydrogen-bond acceptors (Lipinski definition) is 3. The van der Waals surface area contributed by atoms with E-state index in [1.54, 1.807) is 7.05 Å². The summed E-state index contributed by atoms with van der Waals surface area (Å²) in [6.07, 6.45) is 9.25. The average Bonchev–Trinajstić information content (AvgIpc) is 3.55. The van der Waals surface area contributed by atoms with E-state index in [2.05, 4.69) is 57.2 Å². The molecule has 1 saturated carbocycles. The van der Waals surface area contributed by atoms with E-state index >= 15 is 0 Å². The molecule has 2 aliphatic carbocycles. The van der Waals surface area contributed by atoms with Crippen LogP contribution >= 0.6 is 0 Å². The number of H-pyrrole nitrogens is 1. The van der Waals surface area contributed by atoms with Gasteiger partial charge in [-0.05, 0) is 42.7 Å². The number of nitrogens with one attached hydrogen (secondary N) is 3. The Bertz CT molecular complexity index is 1030. The van der Waals surface area contributed by atoms with Crippen LogP contribution in [0.5, 0.6) is 0 Å². The zero-order valence-corrected chi connectivity index (χ0v) is 17.8. The van der Waals surface area contributed by atoms with Crippen LogP contribution in [0.4, 0.5) is 0 Å². The molecule has 3 aliphatic rings. The third-order valence-corrected chi connectivity index (χ3v) is 7.00. The van der Waals surface area contributed by atoms with Crippen LogP contribution in [0.25, 0.3) is 10.9 Å². The van der Waals surface area contributed by atoms with E-state index in [4.69, 9.17) is 0 Å². The molecule has 4 unspecified atom stereocenters. The second-order valence-corrected chi connectivity index (χ2v) is 8.72. The molecule has 0 radical (unpaired) electrons. The maximum atomic E-state index is 12.7. The molecule has 7 heteroatoms. The molecule has 0 spiro atoms. The molecule has 1 aromatic carbocycles. The second kappa shape index (κ2) is 8.21. The van der Waals surface area contributed by atoms with Gasteiger partial charge in [-0.1, -0.05) is 30.4 Å². The third-order valence-electron chi connectivity index (χ3n) is 7.00. The number of fused-ring (bicyclic) bond motifs is 6. The molecule has 2 fully saturated rings. The first-order valence-corrected chi connectivity index (χ1v) is 11.2. The first-order valence-electron chi connectivity index (χ1n) is 11.2. The molecule has 162 valence electrons. The lowest BCUT2D eigenvalue weighted by atomic mass is 9.85. The van der Waals surface area contributed by atoms with E-state index in [9.17, 15) is 9.59 Å². The fraction of sp³-hybridized carbons (Fsp3) is 0.458. The van der Waals surface area contributed by atoms with Crippen molar-refractivity contribution in [1.29, 1.82) is 0 Å². The van der Waals surface area contributed by atoms with Crippen molar-refractivity contribution in [1.82, 2.24) is 20.5 Å². The van der Waals surface area contributed by atoms with Crippen molar-refractivity contribution < 1.29 is 9.59 Å². The number of aromatic nitrogens is 1. The number of benzene rings is 1. The number of para-hydroxylation sites is 1. The minimum absolute atomic E-state index is 0.00956. The summed E-state index contributed by atoms with van der Waals surface area (Å²) in [7, 11) is 1.73. The number of guanidine groups is 1. The van der Waals surface area contributed by atoms with Gasteiger partial charge in [-0.2, -0.15) is 0 Å². The molecule has 2 amide bonds. The van der Waals surface area contributed by atoms with E-state index in [1.165, 1.54) is 21.4 Å². The third kappa shape index (κ3) is 3.52. The van der Waals surface area contributed by atoms with Crippen LogP contribution in [0.3, 0.4) is 0 Å². The van der Waals surface area contributed by atoms with Gasteiger partial charge in [0.15, 0.2) is 5.96 Å². The number of imide groups is 1. The highest BCUT2D eigenvalue weighted by Crippen LogP contribution is 2.52. The summed E-state index contributed by atoms with van der Waals surface area (Å²) in [6.45, 7) is 1.68. The topological polar surface area (TPSA) is 89.6 Å². The Morgan fingerprint density at radius 3 is 2.55 bits per heavy atom. The fourth-order valence-electron chi connectivity index (χ4n) is 5.52.